The van der Waals surface area contributed by atoms with Crippen molar-refractivity contribution in [2.45, 2.75) is 26.3 Å². The Hall–Kier alpha value is -2.07. The Labute approximate surface area is 112 Å². The first kappa shape index (κ1) is 13.4. The fraction of sp³-hybridized carbons (Fsp3) is 0.267. The third-order valence-electron chi connectivity index (χ3n) is 3.23. The summed E-state index contributed by atoms with van der Waals surface area (Å²) in [6.07, 6.45) is 0.566. The van der Waals surface area contributed by atoms with Crippen molar-refractivity contribution in [1.29, 1.82) is 0 Å². The highest BCUT2D eigenvalue weighted by Crippen LogP contribution is 2.23. The number of carbonyl (C=O) groups is 1. The summed E-state index contributed by atoms with van der Waals surface area (Å²) in [5, 5.41) is 0. The Balaban J connectivity index is 2.27. The zero-order valence-corrected chi connectivity index (χ0v) is 11.2. The van der Waals surface area contributed by atoms with E-state index in [1.165, 1.54) is 0 Å². The van der Waals surface area contributed by atoms with E-state index in [0.717, 1.165) is 17.0 Å². The van der Waals surface area contributed by atoms with Crippen LogP contribution in [0.1, 0.15) is 40.3 Å². The van der Waals surface area contributed by atoms with E-state index in [4.69, 9.17) is 11.5 Å². The fourth-order valence-corrected chi connectivity index (χ4v) is 2.30. The lowest BCUT2D eigenvalue weighted by molar-refractivity contribution is 0.101. The fourth-order valence-electron chi connectivity index (χ4n) is 2.30. The smallest absolute Gasteiger partial charge is 0.161 e. The predicted octanol–water partition coefficient (Wildman–Crippen LogP) is 2.35. The number of para-hydroxylation sites is 1. The highest BCUT2D eigenvalue weighted by Gasteiger charge is 2.16. The van der Waals surface area contributed by atoms with Gasteiger partial charge in [-0.2, -0.15) is 0 Å². The molecule has 0 aliphatic carbocycles. The van der Waals surface area contributed by atoms with Gasteiger partial charge in [0, 0.05) is 35.1 Å². The van der Waals surface area contributed by atoms with Crippen molar-refractivity contribution in [3.05, 3.63) is 52.8 Å². The number of hydrogen-bond donors (Lipinski definition) is 3. The first-order valence-corrected chi connectivity index (χ1v) is 6.28. The number of aryl methyl sites for hydroxylation is 1. The summed E-state index contributed by atoms with van der Waals surface area (Å²) in [6.45, 7) is 3.49. The standard InChI is InChI=1S/C15H19N3O/c1-9-7-12(10(2)19)15(18-9)8-14(17)11-5-3-4-6-13(11)16/h3-7,14,18H,8,16-17H2,1-2H3. The summed E-state index contributed by atoms with van der Waals surface area (Å²) < 4.78 is 0. The molecule has 0 radical (unpaired) electrons. The Morgan fingerprint density at radius 1 is 1.37 bits per heavy atom. The van der Waals surface area contributed by atoms with Crippen LogP contribution in [0.5, 0.6) is 0 Å². The zero-order valence-electron chi connectivity index (χ0n) is 11.2. The van der Waals surface area contributed by atoms with E-state index in [2.05, 4.69) is 4.98 Å². The number of hydrogen-bond acceptors (Lipinski definition) is 3. The van der Waals surface area contributed by atoms with Crippen molar-refractivity contribution < 1.29 is 4.79 Å². The quantitative estimate of drug-likeness (QED) is 0.580. The van der Waals surface area contributed by atoms with Crippen LogP contribution in [0.3, 0.4) is 0 Å². The maximum Gasteiger partial charge on any atom is 0.161 e. The van der Waals surface area contributed by atoms with Gasteiger partial charge in [-0.1, -0.05) is 18.2 Å². The molecule has 1 aromatic heterocycles. The van der Waals surface area contributed by atoms with Crippen LogP contribution in [0.25, 0.3) is 0 Å². The lowest BCUT2D eigenvalue weighted by Crippen LogP contribution is -2.16. The van der Waals surface area contributed by atoms with Gasteiger partial charge in [0.2, 0.25) is 0 Å². The monoisotopic (exact) mass is 257 g/mol. The molecular formula is C15H19N3O. The normalized spacial score (nSPS) is 12.4. The third-order valence-corrected chi connectivity index (χ3v) is 3.23. The Bertz CT molecular complexity index is 601. The second-order valence-electron chi connectivity index (χ2n) is 4.84. The minimum Gasteiger partial charge on any atom is -0.398 e. The van der Waals surface area contributed by atoms with Crippen LogP contribution in [-0.2, 0) is 6.42 Å². The van der Waals surface area contributed by atoms with Gasteiger partial charge in [-0.25, -0.2) is 0 Å². The molecule has 0 saturated carbocycles. The minimum atomic E-state index is -0.225. The molecule has 0 spiro atoms. The summed E-state index contributed by atoms with van der Waals surface area (Å²) in [5.41, 5.74) is 16.3. The van der Waals surface area contributed by atoms with Crippen molar-refractivity contribution in [3.63, 3.8) is 0 Å². The van der Waals surface area contributed by atoms with Gasteiger partial charge in [0.25, 0.3) is 0 Å². The lowest BCUT2D eigenvalue weighted by Gasteiger charge is -2.14. The molecule has 4 nitrogen and oxygen atoms in total. The molecule has 1 aromatic carbocycles. The molecule has 0 bridgehead atoms. The Kier molecular flexibility index (Phi) is 3.71. The number of rotatable bonds is 4. The topological polar surface area (TPSA) is 84.9 Å². The number of nitrogens with one attached hydrogen (secondary N) is 1. The van der Waals surface area contributed by atoms with E-state index in [1.807, 2.05) is 37.3 Å². The molecule has 0 amide bonds. The van der Waals surface area contributed by atoms with Gasteiger partial charge in [-0.3, -0.25) is 4.79 Å². The molecule has 1 heterocycles. The average Bonchev–Trinajstić information content (AvgIpc) is 2.70. The van der Waals surface area contributed by atoms with Crippen molar-refractivity contribution in [2.75, 3.05) is 5.73 Å². The minimum absolute atomic E-state index is 0.0487. The van der Waals surface area contributed by atoms with Gasteiger partial charge in [-0.05, 0) is 31.5 Å². The number of aromatic nitrogens is 1. The number of aromatic amines is 1. The van der Waals surface area contributed by atoms with Crippen LogP contribution in [-0.4, -0.2) is 10.8 Å². The molecule has 2 aromatic rings. The number of Topliss-reactive ketones (excluding diaryl/α,β-unsaturated/α-hetero) is 1. The molecule has 0 aliphatic heterocycles. The number of benzene rings is 1. The Morgan fingerprint density at radius 3 is 2.68 bits per heavy atom. The van der Waals surface area contributed by atoms with E-state index in [-0.39, 0.29) is 11.8 Å². The summed E-state index contributed by atoms with van der Waals surface area (Å²) in [6, 6.07) is 9.18. The molecule has 0 saturated heterocycles. The summed E-state index contributed by atoms with van der Waals surface area (Å²) in [4.78, 5) is 14.8. The molecule has 0 aliphatic rings. The molecule has 1 atom stereocenters. The first-order chi connectivity index (χ1) is 8.99. The van der Waals surface area contributed by atoms with Crippen LogP contribution in [0, 0.1) is 6.92 Å². The molecule has 4 heteroatoms. The highest BCUT2D eigenvalue weighted by molar-refractivity contribution is 5.95. The zero-order chi connectivity index (χ0) is 14.0. The van der Waals surface area contributed by atoms with Crippen LogP contribution in [0.2, 0.25) is 0 Å². The number of anilines is 1. The molecule has 19 heavy (non-hydrogen) atoms. The highest BCUT2D eigenvalue weighted by atomic mass is 16.1. The summed E-state index contributed by atoms with van der Waals surface area (Å²) in [5.74, 6) is 0.0487. The predicted molar refractivity (Wildman–Crippen MR) is 77.0 cm³/mol. The summed E-state index contributed by atoms with van der Waals surface area (Å²) >= 11 is 0. The lowest BCUT2D eigenvalue weighted by atomic mass is 9.99. The first-order valence-electron chi connectivity index (χ1n) is 6.28. The Morgan fingerprint density at radius 2 is 2.05 bits per heavy atom. The molecule has 0 fully saturated rings. The molecule has 5 N–H and O–H groups in total. The number of ketones is 1. The van der Waals surface area contributed by atoms with Gasteiger partial charge < -0.3 is 16.5 Å². The van der Waals surface area contributed by atoms with Crippen LogP contribution < -0.4 is 11.5 Å². The van der Waals surface area contributed by atoms with Gasteiger partial charge in [0.15, 0.2) is 5.78 Å². The molecule has 1 unspecified atom stereocenters. The average molecular weight is 257 g/mol. The van der Waals surface area contributed by atoms with Crippen molar-refractivity contribution in [3.8, 4) is 0 Å². The molecular weight excluding hydrogens is 238 g/mol. The van der Waals surface area contributed by atoms with E-state index in [9.17, 15) is 4.79 Å². The summed E-state index contributed by atoms with van der Waals surface area (Å²) in [7, 11) is 0. The van der Waals surface area contributed by atoms with Gasteiger partial charge in [0.1, 0.15) is 0 Å². The van der Waals surface area contributed by atoms with E-state index in [0.29, 0.717) is 17.7 Å². The van der Waals surface area contributed by atoms with Gasteiger partial charge in [0.05, 0.1) is 0 Å². The van der Waals surface area contributed by atoms with E-state index < -0.39 is 0 Å². The van der Waals surface area contributed by atoms with Gasteiger partial charge >= 0.3 is 0 Å². The van der Waals surface area contributed by atoms with Crippen LogP contribution in [0.15, 0.2) is 30.3 Å². The van der Waals surface area contributed by atoms with E-state index in [1.54, 1.807) is 6.92 Å². The third kappa shape index (κ3) is 2.85. The molecule has 2 rings (SSSR count). The number of carbonyl (C=O) groups excluding carboxylic acids is 1. The van der Waals surface area contributed by atoms with E-state index >= 15 is 0 Å². The second kappa shape index (κ2) is 5.28. The van der Waals surface area contributed by atoms with Crippen LogP contribution in [0.4, 0.5) is 5.69 Å². The van der Waals surface area contributed by atoms with Crippen molar-refractivity contribution in [1.82, 2.24) is 4.98 Å². The maximum absolute atomic E-state index is 11.6. The SMILES string of the molecule is CC(=O)c1cc(C)[nH]c1CC(N)c1ccccc1N. The van der Waals surface area contributed by atoms with Crippen molar-refractivity contribution in [2.24, 2.45) is 5.73 Å². The van der Waals surface area contributed by atoms with Crippen LogP contribution >= 0.6 is 0 Å². The number of nitrogen functional groups attached to an aromatic ring is 1. The number of H-pyrrole nitrogens is 1. The van der Waals surface area contributed by atoms with Gasteiger partial charge in [-0.15, -0.1) is 0 Å². The molecule has 100 valence electrons. The second-order valence-corrected chi connectivity index (χ2v) is 4.84. The largest absolute Gasteiger partial charge is 0.398 e. The van der Waals surface area contributed by atoms with Crippen molar-refractivity contribution >= 4 is 11.5 Å². The maximum atomic E-state index is 11.6. The number of nitrogens with two attached hydrogens (primary N) is 2.